The van der Waals surface area contributed by atoms with Crippen LogP contribution in [0.4, 0.5) is 0 Å². The number of carbonyl (C=O) groups is 2. The molecule has 0 heterocycles. The highest BCUT2D eigenvalue weighted by atomic mass is 16.5. The molecule has 1 atom stereocenters. The number of hydrogen-bond acceptors (Lipinski definition) is 4. The van der Waals surface area contributed by atoms with Crippen LogP contribution in [0.15, 0.2) is 84.9 Å². The molecule has 1 N–H and O–H groups in total. The molecular formula is C33H40N2O4. The van der Waals surface area contributed by atoms with Gasteiger partial charge in [0.25, 0.3) is 0 Å². The van der Waals surface area contributed by atoms with E-state index in [1.807, 2.05) is 84.9 Å². The Bertz CT molecular complexity index is 1150. The number of hydrogen-bond donors (Lipinski definition) is 1. The van der Waals surface area contributed by atoms with Crippen LogP contribution in [0.5, 0.6) is 11.5 Å². The Labute approximate surface area is 232 Å². The van der Waals surface area contributed by atoms with Crippen LogP contribution in [0.2, 0.25) is 0 Å². The highest BCUT2D eigenvalue weighted by Gasteiger charge is 2.31. The summed E-state index contributed by atoms with van der Waals surface area (Å²) in [4.78, 5) is 29.3. The lowest BCUT2D eigenvalue weighted by molar-refractivity contribution is -0.141. The number of carbonyl (C=O) groups excluding carboxylic acids is 2. The van der Waals surface area contributed by atoms with Gasteiger partial charge in [0.15, 0.2) is 0 Å². The second-order valence-corrected chi connectivity index (χ2v) is 10.2. The van der Waals surface area contributed by atoms with Crippen molar-refractivity contribution in [1.82, 2.24) is 10.2 Å². The topological polar surface area (TPSA) is 67.9 Å². The molecule has 1 aliphatic carbocycles. The molecule has 206 valence electrons. The second-order valence-electron chi connectivity index (χ2n) is 10.2. The van der Waals surface area contributed by atoms with E-state index in [0.29, 0.717) is 32.4 Å². The molecule has 6 nitrogen and oxygen atoms in total. The lowest BCUT2D eigenvalue weighted by atomic mass is 9.94. The van der Waals surface area contributed by atoms with Gasteiger partial charge in [0, 0.05) is 25.4 Å². The van der Waals surface area contributed by atoms with E-state index in [9.17, 15) is 9.59 Å². The van der Waals surface area contributed by atoms with Gasteiger partial charge in [-0.05, 0) is 54.7 Å². The van der Waals surface area contributed by atoms with Gasteiger partial charge in [-0.3, -0.25) is 9.59 Å². The van der Waals surface area contributed by atoms with Crippen LogP contribution in [0.25, 0.3) is 0 Å². The maximum absolute atomic E-state index is 13.8. The highest BCUT2D eigenvalue weighted by molar-refractivity contribution is 5.88. The summed E-state index contributed by atoms with van der Waals surface area (Å²) in [5.74, 6) is 1.39. The summed E-state index contributed by atoms with van der Waals surface area (Å²) in [6, 6.07) is 26.9. The Morgan fingerprint density at radius 2 is 1.46 bits per heavy atom. The zero-order valence-corrected chi connectivity index (χ0v) is 22.9. The summed E-state index contributed by atoms with van der Waals surface area (Å²) in [7, 11) is 1.63. The van der Waals surface area contributed by atoms with Gasteiger partial charge >= 0.3 is 0 Å². The molecule has 0 saturated heterocycles. The van der Waals surface area contributed by atoms with Crippen molar-refractivity contribution >= 4 is 11.8 Å². The van der Waals surface area contributed by atoms with Gasteiger partial charge < -0.3 is 19.7 Å². The van der Waals surface area contributed by atoms with Crippen molar-refractivity contribution in [3.63, 3.8) is 0 Å². The quantitative estimate of drug-likeness (QED) is 0.279. The fourth-order valence-electron chi connectivity index (χ4n) is 5.11. The third-order valence-corrected chi connectivity index (χ3v) is 7.28. The van der Waals surface area contributed by atoms with Crippen molar-refractivity contribution in [3.05, 3.63) is 96.1 Å². The Balaban J connectivity index is 1.48. The zero-order valence-electron chi connectivity index (χ0n) is 22.9. The van der Waals surface area contributed by atoms with Gasteiger partial charge in [0.2, 0.25) is 11.8 Å². The van der Waals surface area contributed by atoms with Gasteiger partial charge in [0.1, 0.15) is 17.5 Å². The molecule has 6 heteroatoms. The first-order valence-electron chi connectivity index (χ1n) is 14.1. The van der Waals surface area contributed by atoms with Crippen molar-refractivity contribution in [1.29, 1.82) is 0 Å². The Morgan fingerprint density at radius 1 is 0.846 bits per heavy atom. The summed E-state index contributed by atoms with van der Waals surface area (Å²) in [6.07, 6.45) is 6.81. The van der Waals surface area contributed by atoms with Crippen LogP contribution in [0.1, 0.15) is 56.1 Å². The number of benzene rings is 3. The van der Waals surface area contributed by atoms with Gasteiger partial charge in [-0.1, -0.05) is 79.9 Å². The van der Waals surface area contributed by atoms with E-state index < -0.39 is 6.04 Å². The fourth-order valence-corrected chi connectivity index (χ4v) is 5.11. The predicted molar refractivity (Wildman–Crippen MR) is 154 cm³/mol. The first-order valence-corrected chi connectivity index (χ1v) is 14.1. The van der Waals surface area contributed by atoms with E-state index in [2.05, 4.69) is 5.32 Å². The Kier molecular flexibility index (Phi) is 10.8. The zero-order chi connectivity index (χ0) is 27.3. The van der Waals surface area contributed by atoms with Crippen molar-refractivity contribution < 1.29 is 19.1 Å². The number of amides is 2. The maximum Gasteiger partial charge on any atom is 0.243 e. The van der Waals surface area contributed by atoms with Crippen LogP contribution in [-0.4, -0.2) is 42.5 Å². The number of nitrogens with one attached hydrogen (secondary N) is 1. The van der Waals surface area contributed by atoms with E-state index in [-0.39, 0.29) is 17.9 Å². The Hall–Kier alpha value is -3.80. The standard InChI is InChI=1S/C33H40N2O4/c1-38-29-19-21-30(22-20-29)39-23-11-18-32(36)35(25-27-14-7-3-8-15-27)31(24-26-12-5-2-6-13-26)33(37)34-28-16-9-4-10-17-28/h2-3,5-8,12-15,19-22,28,31H,4,9-11,16-18,23-25H2,1H3,(H,34,37)/t31-/m0/s1. The van der Waals surface area contributed by atoms with Crippen molar-refractivity contribution in [3.8, 4) is 11.5 Å². The minimum Gasteiger partial charge on any atom is -0.497 e. The molecule has 0 unspecified atom stereocenters. The van der Waals surface area contributed by atoms with Gasteiger partial charge in [-0.25, -0.2) is 0 Å². The summed E-state index contributed by atoms with van der Waals surface area (Å²) >= 11 is 0. The fraction of sp³-hybridized carbons (Fsp3) is 0.394. The molecule has 2 amide bonds. The van der Waals surface area contributed by atoms with Gasteiger partial charge in [0.05, 0.1) is 13.7 Å². The SMILES string of the molecule is COc1ccc(OCCCC(=O)N(Cc2ccccc2)[C@@H](Cc2ccccc2)C(=O)NC2CCCCC2)cc1. The molecule has 0 aromatic heterocycles. The van der Waals surface area contributed by atoms with E-state index in [1.165, 1.54) is 6.42 Å². The Morgan fingerprint density at radius 3 is 2.10 bits per heavy atom. The van der Waals surface area contributed by atoms with E-state index >= 15 is 0 Å². The first kappa shape index (κ1) is 28.2. The predicted octanol–water partition coefficient (Wildman–Crippen LogP) is 5.94. The largest absolute Gasteiger partial charge is 0.497 e. The molecule has 1 fully saturated rings. The van der Waals surface area contributed by atoms with Crippen LogP contribution < -0.4 is 14.8 Å². The molecule has 0 radical (unpaired) electrons. The van der Waals surface area contributed by atoms with Crippen molar-refractivity contribution in [2.24, 2.45) is 0 Å². The molecule has 3 aromatic carbocycles. The van der Waals surface area contributed by atoms with E-state index in [4.69, 9.17) is 9.47 Å². The van der Waals surface area contributed by atoms with Gasteiger partial charge in [-0.2, -0.15) is 0 Å². The maximum atomic E-state index is 13.8. The minimum atomic E-state index is -0.593. The molecule has 0 aliphatic heterocycles. The van der Waals surface area contributed by atoms with Crippen molar-refractivity contribution in [2.45, 2.75) is 70.0 Å². The second kappa shape index (κ2) is 15.0. The average molecular weight is 529 g/mol. The highest BCUT2D eigenvalue weighted by Crippen LogP contribution is 2.21. The molecule has 3 aromatic rings. The number of ether oxygens (including phenoxy) is 2. The number of rotatable bonds is 13. The third kappa shape index (κ3) is 8.88. The molecular weight excluding hydrogens is 488 g/mol. The van der Waals surface area contributed by atoms with E-state index in [1.54, 1.807) is 12.0 Å². The third-order valence-electron chi connectivity index (χ3n) is 7.28. The smallest absolute Gasteiger partial charge is 0.243 e. The average Bonchev–Trinajstić information content (AvgIpc) is 2.99. The minimum absolute atomic E-state index is 0.0445. The van der Waals surface area contributed by atoms with Crippen molar-refractivity contribution in [2.75, 3.05) is 13.7 Å². The van der Waals surface area contributed by atoms with Crippen LogP contribution in [0, 0.1) is 0 Å². The summed E-state index contributed by atoms with van der Waals surface area (Å²) in [5, 5.41) is 3.29. The number of nitrogens with zero attached hydrogens (tertiary/aromatic N) is 1. The molecule has 1 saturated carbocycles. The molecule has 0 spiro atoms. The molecule has 1 aliphatic rings. The van der Waals surface area contributed by atoms with Crippen LogP contribution >= 0.6 is 0 Å². The van der Waals surface area contributed by atoms with Gasteiger partial charge in [-0.15, -0.1) is 0 Å². The first-order chi connectivity index (χ1) is 19.1. The summed E-state index contributed by atoms with van der Waals surface area (Å²) < 4.78 is 11.0. The molecule has 39 heavy (non-hydrogen) atoms. The number of methoxy groups -OCH3 is 1. The molecule has 0 bridgehead atoms. The van der Waals surface area contributed by atoms with Crippen LogP contribution in [0.3, 0.4) is 0 Å². The monoisotopic (exact) mass is 528 g/mol. The molecule has 4 rings (SSSR count). The van der Waals surface area contributed by atoms with E-state index in [0.717, 1.165) is 48.3 Å². The lowest BCUT2D eigenvalue weighted by Crippen LogP contribution is -2.52. The lowest BCUT2D eigenvalue weighted by Gasteiger charge is -2.33. The van der Waals surface area contributed by atoms with Crippen LogP contribution in [-0.2, 0) is 22.6 Å². The summed E-state index contributed by atoms with van der Waals surface area (Å²) in [5.41, 5.74) is 2.04. The normalized spacial score (nSPS) is 14.3. The summed E-state index contributed by atoms with van der Waals surface area (Å²) in [6.45, 7) is 0.795.